The average Bonchev–Trinajstić information content (AvgIpc) is 2.56. The highest BCUT2D eigenvalue weighted by Gasteiger charge is 2.21. The smallest absolute Gasteiger partial charge is 0.354 e. The lowest BCUT2D eigenvalue weighted by Gasteiger charge is -2.10. The lowest BCUT2D eigenvalue weighted by atomic mass is 9.95. The van der Waals surface area contributed by atoms with Crippen LogP contribution in [0.15, 0.2) is 0 Å². The topological polar surface area (TPSA) is 42.1 Å². The van der Waals surface area contributed by atoms with E-state index in [1.165, 1.54) is 31.2 Å². The molecule has 14 heavy (non-hydrogen) atoms. The Balaban J connectivity index is 2.43. The van der Waals surface area contributed by atoms with Gasteiger partial charge in [0.15, 0.2) is 0 Å². The number of rotatable bonds is 1. The van der Waals surface area contributed by atoms with E-state index in [-0.39, 0.29) is 5.97 Å². The molecule has 0 amide bonds. The molecule has 2 rings (SSSR count). The van der Waals surface area contributed by atoms with Gasteiger partial charge in [0.25, 0.3) is 0 Å². The zero-order valence-electron chi connectivity index (χ0n) is 8.64. The molecule has 1 aliphatic carbocycles. The third-order valence-corrected chi connectivity index (χ3v) is 2.96. The van der Waals surface area contributed by atoms with E-state index in [9.17, 15) is 4.79 Å². The maximum atomic E-state index is 11.4. The van der Waals surface area contributed by atoms with Gasteiger partial charge >= 0.3 is 5.97 Å². The van der Waals surface area contributed by atoms with E-state index in [1.807, 2.05) is 6.92 Å². The van der Waals surface area contributed by atoms with Gasteiger partial charge in [0, 0.05) is 5.69 Å². The van der Waals surface area contributed by atoms with Crippen molar-refractivity contribution in [2.45, 2.75) is 32.6 Å². The van der Waals surface area contributed by atoms with Crippen LogP contribution in [0, 0.1) is 6.92 Å². The van der Waals surface area contributed by atoms with Gasteiger partial charge in [-0.3, -0.25) is 0 Å². The second-order valence-corrected chi connectivity index (χ2v) is 3.78. The molecule has 0 atom stereocenters. The summed E-state index contributed by atoms with van der Waals surface area (Å²) in [5.41, 5.74) is 4.27. The zero-order chi connectivity index (χ0) is 10.1. The SMILES string of the molecule is COC(=O)c1[nH]c2c(c1C)CCCC2. The molecular formula is C11H15NO2. The second kappa shape index (κ2) is 3.48. The molecule has 1 heterocycles. The third-order valence-electron chi connectivity index (χ3n) is 2.96. The molecule has 0 aromatic carbocycles. The number of hydrogen-bond acceptors (Lipinski definition) is 2. The van der Waals surface area contributed by atoms with Gasteiger partial charge in [-0.1, -0.05) is 0 Å². The van der Waals surface area contributed by atoms with Crippen molar-refractivity contribution >= 4 is 5.97 Å². The molecule has 0 saturated carbocycles. The Hall–Kier alpha value is -1.25. The number of hydrogen-bond donors (Lipinski definition) is 1. The minimum atomic E-state index is -0.253. The predicted molar refractivity (Wildman–Crippen MR) is 53.5 cm³/mol. The van der Waals surface area contributed by atoms with Crippen molar-refractivity contribution in [2.75, 3.05) is 7.11 Å². The molecule has 0 radical (unpaired) electrons. The molecule has 1 N–H and O–H groups in total. The first kappa shape index (κ1) is 9.31. The fourth-order valence-corrected chi connectivity index (χ4v) is 2.16. The van der Waals surface area contributed by atoms with Crippen LogP contribution in [-0.4, -0.2) is 18.1 Å². The number of aryl methyl sites for hydroxylation is 1. The van der Waals surface area contributed by atoms with Crippen LogP contribution in [0.25, 0.3) is 0 Å². The van der Waals surface area contributed by atoms with Gasteiger partial charge in [-0.25, -0.2) is 4.79 Å². The van der Waals surface area contributed by atoms with E-state index < -0.39 is 0 Å². The van der Waals surface area contributed by atoms with Gasteiger partial charge in [0.2, 0.25) is 0 Å². The molecule has 0 aliphatic heterocycles. The summed E-state index contributed by atoms with van der Waals surface area (Å²) < 4.78 is 4.72. The fraction of sp³-hybridized carbons (Fsp3) is 0.545. The number of H-pyrrole nitrogens is 1. The summed E-state index contributed by atoms with van der Waals surface area (Å²) in [5, 5.41) is 0. The van der Waals surface area contributed by atoms with Crippen molar-refractivity contribution in [3.05, 3.63) is 22.5 Å². The normalized spacial score (nSPS) is 15.0. The van der Waals surface area contributed by atoms with E-state index in [0.717, 1.165) is 18.4 Å². The molecule has 76 valence electrons. The van der Waals surface area contributed by atoms with Crippen LogP contribution in [0.4, 0.5) is 0 Å². The molecular weight excluding hydrogens is 178 g/mol. The predicted octanol–water partition coefficient (Wildman–Crippen LogP) is 1.99. The van der Waals surface area contributed by atoms with E-state index >= 15 is 0 Å². The Kier molecular flexibility index (Phi) is 2.32. The van der Waals surface area contributed by atoms with Crippen LogP contribution in [0.1, 0.15) is 40.2 Å². The highest BCUT2D eigenvalue weighted by atomic mass is 16.5. The van der Waals surface area contributed by atoms with E-state index in [0.29, 0.717) is 5.69 Å². The largest absolute Gasteiger partial charge is 0.464 e. The lowest BCUT2D eigenvalue weighted by Crippen LogP contribution is -2.03. The molecule has 3 nitrogen and oxygen atoms in total. The van der Waals surface area contributed by atoms with Crippen molar-refractivity contribution in [3.63, 3.8) is 0 Å². The van der Waals surface area contributed by atoms with E-state index in [1.54, 1.807) is 0 Å². The van der Waals surface area contributed by atoms with E-state index in [2.05, 4.69) is 4.98 Å². The average molecular weight is 193 g/mol. The number of methoxy groups -OCH3 is 1. The Labute approximate surface area is 83.5 Å². The monoisotopic (exact) mass is 193 g/mol. The molecule has 3 heteroatoms. The Morgan fingerprint density at radius 2 is 2.07 bits per heavy atom. The van der Waals surface area contributed by atoms with Crippen LogP contribution in [0.2, 0.25) is 0 Å². The summed E-state index contributed by atoms with van der Waals surface area (Å²) in [6, 6.07) is 0. The Bertz CT molecular complexity index is 366. The van der Waals surface area contributed by atoms with Crippen molar-refractivity contribution in [1.82, 2.24) is 4.98 Å². The summed E-state index contributed by atoms with van der Waals surface area (Å²) in [6.07, 6.45) is 4.60. The summed E-state index contributed by atoms with van der Waals surface area (Å²) >= 11 is 0. The molecule has 0 fully saturated rings. The van der Waals surface area contributed by atoms with Gasteiger partial charge in [0.05, 0.1) is 7.11 Å². The highest BCUT2D eigenvalue weighted by molar-refractivity contribution is 5.89. The number of fused-ring (bicyclic) bond motifs is 1. The van der Waals surface area contributed by atoms with Gasteiger partial charge in [0.1, 0.15) is 5.69 Å². The lowest BCUT2D eigenvalue weighted by molar-refractivity contribution is 0.0594. The van der Waals surface area contributed by atoms with Crippen LogP contribution >= 0.6 is 0 Å². The summed E-state index contributed by atoms with van der Waals surface area (Å²) in [6.45, 7) is 1.99. The number of carbonyl (C=O) groups is 1. The summed E-state index contributed by atoms with van der Waals surface area (Å²) in [7, 11) is 1.42. The maximum Gasteiger partial charge on any atom is 0.354 e. The number of aromatic amines is 1. The van der Waals surface area contributed by atoms with Gasteiger partial charge < -0.3 is 9.72 Å². The van der Waals surface area contributed by atoms with Crippen LogP contribution < -0.4 is 0 Å². The zero-order valence-corrected chi connectivity index (χ0v) is 8.64. The molecule has 0 unspecified atom stereocenters. The molecule has 1 aromatic rings. The van der Waals surface area contributed by atoms with Crippen molar-refractivity contribution in [1.29, 1.82) is 0 Å². The number of aromatic nitrogens is 1. The minimum absolute atomic E-state index is 0.253. The first-order valence-corrected chi connectivity index (χ1v) is 5.02. The molecule has 0 bridgehead atoms. The van der Waals surface area contributed by atoms with Gasteiger partial charge in [-0.05, 0) is 43.7 Å². The van der Waals surface area contributed by atoms with Crippen molar-refractivity contribution < 1.29 is 9.53 Å². The minimum Gasteiger partial charge on any atom is -0.464 e. The number of nitrogens with one attached hydrogen (secondary N) is 1. The molecule has 1 aliphatic rings. The summed E-state index contributed by atoms with van der Waals surface area (Å²) in [4.78, 5) is 14.6. The maximum absolute atomic E-state index is 11.4. The van der Waals surface area contributed by atoms with Crippen molar-refractivity contribution in [2.24, 2.45) is 0 Å². The summed E-state index contributed by atoms with van der Waals surface area (Å²) in [5.74, 6) is -0.253. The van der Waals surface area contributed by atoms with Gasteiger partial charge in [-0.15, -0.1) is 0 Å². The van der Waals surface area contributed by atoms with Crippen LogP contribution in [0.5, 0.6) is 0 Å². The van der Waals surface area contributed by atoms with Gasteiger partial charge in [-0.2, -0.15) is 0 Å². The van der Waals surface area contributed by atoms with Crippen LogP contribution in [-0.2, 0) is 17.6 Å². The Morgan fingerprint density at radius 1 is 1.36 bits per heavy atom. The number of ether oxygens (including phenoxy) is 1. The molecule has 0 saturated heterocycles. The fourth-order valence-electron chi connectivity index (χ4n) is 2.16. The highest BCUT2D eigenvalue weighted by Crippen LogP contribution is 2.26. The third kappa shape index (κ3) is 1.33. The van der Waals surface area contributed by atoms with Crippen LogP contribution in [0.3, 0.4) is 0 Å². The first-order valence-electron chi connectivity index (χ1n) is 5.02. The second-order valence-electron chi connectivity index (χ2n) is 3.78. The number of esters is 1. The first-order chi connectivity index (χ1) is 6.74. The van der Waals surface area contributed by atoms with E-state index in [4.69, 9.17) is 4.74 Å². The van der Waals surface area contributed by atoms with Crippen molar-refractivity contribution in [3.8, 4) is 0 Å². The quantitative estimate of drug-likeness (QED) is 0.693. The Morgan fingerprint density at radius 3 is 2.71 bits per heavy atom. The number of carbonyl (C=O) groups excluding carboxylic acids is 1. The standard InChI is InChI=1S/C11H15NO2/c1-7-8-5-3-4-6-9(8)12-10(7)11(13)14-2/h12H,3-6H2,1-2H3. The molecule has 0 spiro atoms. The molecule has 1 aromatic heterocycles.